The number of aromatic hydroxyl groups is 1. The zero-order chi connectivity index (χ0) is 15.5. The topological polar surface area (TPSA) is 49.7 Å². The molecule has 0 unspecified atom stereocenters. The van der Waals surface area contributed by atoms with E-state index in [2.05, 4.69) is 13.0 Å². The van der Waals surface area contributed by atoms with Crippen molar-refractivity contribution in [2.24, 2.45) is 17.3 Å². The number of phenols is 1. The van der Waals surface area contributed by atoms with Crippen molar-refractivity contribution in [3.8, 4) is 11.5 Å². The molecule has 22 heavy (non-hydrogen) atoms. The van der Waals surface area contributed by atoms with Crippen LogP contribution < -0.4 is 4.74 Å². The van der Waals surface area contributed by atoms with Crippen LogP contribution in [0.4, 0.5) is 0 Å². The maximum Gasteiger partial charge on any atom is 0.160 e. The highest BCUT2D eigenvalue weighted by Crippen LogP contribution is 2.61. The van der Waals surface area contributed by atoms with Crippen molar-refractivity contribution in [2.45, 2.75) is 57.5 Å². The molecule has 2 fully saturated rings. The van der Waals surface area contributed by atoms with E-state index in [1.54, 1.807) is 7.11 Å². The fourth-order valence-corrected chi connectivity index (χ4v) is 5.72. The van der Waals surface area contributed by atoms with Crippen LogP contribution in [0.1, 0.15) is 56.1 Å². The van der Waals surface area contributed by atoms with Crippen molar-refractivity contribution in [1.29, 1.82) is 0 Å². The number of ether oxygens (including phenoxy) is 1. The Bertz CT molecular complexity index is 597. The Morgan fingerprint density at radius 1 is 1.18 bits per heavy atom. The van der Waals surface area contributed by atoms with Crippen LogP contribution in [0.5, 0.6) is 11.5 Å². The lowest BCUT2D eigenvalue weighted by Gasteiger charge is -2.50. The van der Waals surface area contributed by atoms with Crippen LogP contribution in [0, 0.1) is 17.3 Å². The molecule has 0 aliphatic heterocycles. The van der Waals surface area contributed by atoms with E-state index >= 15 is 0 Å². The molecule has 0 spiro atoms. The molecular formula is C19H26O3. The maximum atomic E-state index is 10.4. The number of rotatable bonds is 1. The van der Waals surface area contributed by atoms with E-state index in [9.17, 15) is 10.2 Å². The van der Waals surface area contributed by atoms with E-state index in [4.69, 9.17) is 4.74 Å². The van der Waals surface area contributed by atoms with Crippen LogP contribution in [0.3, 0.4) is 0 Å². The van der Waals surface area contributed by atoms with E-state index in [0.717, 1.165) is 25.7 Å². The van der Waals surface area contributed by atoms with Crippen molar-refractivity contribution in [3.05, 3.63) is 23.3 Å². The minimum atomic E-state index is -0.116. The summed E-state index contributed by atoms with van der Waals surface area (Å²) in [5.41, 5.74) is 2.80. The molecule has 0 radical (unpaired) electrons. The smallest absolute Gasteiger partial charge is 0.160 e. The standard InChI is InChI=1S/C19H26O3/c1-19-8-7-12-13(15(19)5-6-18(19)21)4-3-11-9-16(20)17(22-2)10-14(11)12/h9-10,12-13,15,18,20-21H,3-8H2,1-2H3/t12-,13+,15-,18-,19-/m0/s1/i1+1,5+1,6+1,15+1,18+1,19+1. The SMILES string of the molecule is COc1cc2c(cc1O)CC[C@@H]1[C@@H]2CC[13C@]2([13CH3])[13C@@H](O)[13CH2][13CH2][13C@@H]12. The van der Waals surface area contributed by atoms with Gasteiger partial charge in [-0.05, 0) is 85.0 Å². The molecule has 0 bridgehead atoms. The van der Waals surface area contributed by atoms with Crippen molar-refractivity contribution >= 4 is 0 Å². The third-order valence-electron chi connectivity index (χ3n) is 6.97. The van der Waals surface area contributed by atoms with E-state index in [0.29, 0.717) is 23.5 Å². The van der Waals surface area contributed by atoms with Gasteiger partial charge >= 0.3 is 0 Å². The molecular weight excluding hydrogens is 282 g/mol. The first kappa shape index (κ1) is 14.4. The number of aryl methyl sites for hydroxylation is 1. The summed E-state index contributed by atoms with van der Waals surface area (Å²) >= 11 is 0. The average molecular weight is 308 g/mol. The van der Waals surface area contributed by atoms with Crippen LogP contribution in [0.25, 0.3) is 0 Å². The number of hydrogen-bond donors (Lipinski definition) is 2. The van der Waals surface area contributed by atoms with Gasteiger partial charge in [0.15, 0.2) is 11.5 Å². The summed E-state index contributed by atoms with van der Waals surface area (Å²) in [6, 6.07) is 3.97. The number of benzene rings is 1. The molecule has 0 heterocycles. The molecule has 3 nitrogen and oxygen atoms in total. The molecule has 1 aromatic carbocycles. The van der Waals surface area contributed by atoms with E-state index < -0.39 is 0 Å². The third-order valence-corrected chi connectivity index (χ3v) is 6.97. The van der Waals surface area contributed by atoms with Gasteiger partial charge in [0.25, 0.3) is 0 Å². The number of methoxy groups -OCH3 is 1. The Morgan fingerprint density at radius 3 is 2.77 bits per heavy atom. The molecule has 120 valence electrons. The van der Waals surface area contributed by atoms with Gasteiger partial charge in [0.05, 0.1) is 13.2 Å². The predicted octanol–water partition coefficient (Wildman–Crippen LogP) is 3.62. The first-order chi connectivity index (χ1) is 10.5. The Balaban J connectivity index is 1.72. The fraction of sp³-hybridized carbons (Fsp3) is 0.684. The van der Waals surface area contributed by atoms with Gasteiger partial charge in [-0.1, -0.05) is 6.92 Å². The minimum Gasteiger partial charge on any atom is -0.504 e. The number of fused-ring (bicyclic) bond motifs is 5. The number of aliphatic hydroxyl groups excluding tert-OH is 1. The lowest BCUT2D eigenvalue weighted by atomic mass is 9.73. The largest absolute Gasteiger partial charge is 0.504 e. The lowest BCUT2D eigenvalue weighted by molar-refractivity contribution is -0.0226. The second kappa shape index (κ2) is 4.89. The van der Waals surface area contributed by atoms with Crippen LogP contribution >= 0.6 is 0 Å². The van der Waals surface area contributed by atoms with Crippen LogP contribution in [0.15, 0.2) is 12.1 Å². The van der Waals surface area contributed by atoms with Gasteiger partial charge in [-0.15, -0.1) is 0 Å². The highest BCUT2D eigenvalue weighted by Gasteiger charge is 2.54. The zero-order valence-corrected chi connectivity index (χ0v) is 13.5. The van der Waals surface area contributed by atoms with Crippen molar-refractivity contribution in [1.82, 2.24) is 0 Å². The Kier molecular flexibility index (Phi) is 3.19. The van der Waals surface area contributed by atoms with E-state index in [1.807, 2.05) is 6.07 Å². The van der Waals surface area contributed by atoms with Crippen LogP contribution in [-0.4, -0.2) is 23.4 Å². The van der Waals surface area contributed by atoms with Crippen molar-refractivity contribution in [3.63, 3.8) is 0 Å². The molecule has 3 aliphatic rings. The summed E-state index contributed by atoms with van der Waals surface area (Å²) in [5, 5.41) is 20.5. The minimum absolute atomic E-state index is 0.116. The normalized spacial score (nSPS) is 39.8. The van der Waals surface area contributed by atoms with Crippen molar-refractivity contribution < 1.29 is 14.9 Å². The second-order valence-electron chi connectivity index (χ2n) is 7.78. The molecule has 0 aromatic heterocycles. The maximum absolute atomic E-state index is 10.4. The number of aliphatic hydroxyl groups is 1. The summed E-state index contributed by atoms with van der Waals surface area (Å²) < 4.78 is 5.32. The highest BCUT2D eigenvalue weighted by atomic mass is 16.5. The molecule has 3 aliphatic carbocycles. The van der Waals surface area contributed by atoms with E-state index in [1.165, 1.54) is 24.0 Å². The lowest BCUT2D eigenvalue weighted by Crippen LogP contribution is -2.43. The first-order valence-electron chi connectivity index (χ1n) is 8.62. The first-order valence-corrected chi connectivity index (χ1v) is 8.62. The van der Waals surface area contributed by atoms with Gasteiger partial charge in [-0.3, -0.25) is 0 Å². The molecule has 3 heteroatoms. The molecule has 0 saturated heterocycles. The summed E-state index contributed by atoms with van der Waals surface area (Å²) in [7, 11) is 1.62. The number of phenolic OH excluding ortho intramolecular Hbond substituents is 1. The van der Waals surface area contributed by atoms with Crippen molar-refractivity contribution in [2.75, 3.05) is 7.11 Å². The Morgan fingerprint density at radius 2 is 2.00 bits per heavy atom. The molecule has 5 atom stereocenters. The van der Waals surface area contributed by atoms with Gasteiger partial charge in [-0.2, -0.15) is 0 Å². The van der Waals surface area contributed by atoms with Gasteiger partial charge in [0, 0.05) is 0 Å². The monoisotopic (exact) mass is 308 g/mol. The van der Waals surface area contributed by atoms with E-state index in [-0.39, 0.29) is 17.3 Å². The van der Waals surface area contributed by atoms with Crippen LogP contribution in [0.2, 0.25) is 0 Å². The summed E-state index contributed by atoms with van der Waals surface area (Å²) in [5.74, 6) is 2.75. The second-order valence-corrected chi connectivity index (χ2v) is 7.78. The summed E-state index contributed by atoms with van der Waals surface area (Å²) in [6.07, 6.45) is 6.51. The molecule has 2 saturated carbocycles. The molecule has 4 rings (SSSR count). The highest BCUT2D eigenvalue weighted by molar-refractivity contribution is 5.49. The summed E-state index contributed by atoms with van der Waals surface area (Å²) in [4.78, 5) is 0. The predicted molar refractivity (Wildman–Crippen MR) is 85.3 cm³/mol. The van der Waals surface area contributed by atoms with Gasteiger partial charge in [0.2, 0.25) is 0 Å². The summed E-state index contributed by atoms with van der Waals surface area (Å²) in [6.45, 7) is 2.30. The van der Waals surface area contributed by atoms with Gasteiger partial charge in [0.1, 0.15) is 0 Å². The molecule has 0 amide bonds. The Labute approximate surface area is 132 Å². The fourth-order valence-electron chi connectivity index (χ4n) is 5.72. The Hall–Kier alpha value is -1.22. The van der Waals surface area contributed by atoms with Gasteiger partial charge in [-0.25, -0.2) is 0 Å². The molecule has 1 aromatic rings. The third kappa shape index (κ3) is 1.84. The average Bonchev–Trinajstić information content (AvgIpc) is 2.82. The van der Waals surface area contributed by atoms with Crippen LogP contribution in [-0.2, 0) is 6.42 Å². The quantitative estimate of drug-likeness (QED) is 0.779. The molecule has 2 N–H and O–H groups in total. The zero-order valence-electron chi connectivity index (χ0n) is 13.5. The van der Waals surface area contributed by atoms with Gasteiger partial charge < -0.3 is 14.9 Å². The number of hydrogen-bond acceptors (Lipinski definition) is 3.